The van der Waals surface area contributed by atoms with Gasteiger partial charge in [0.1, 0.15) is 5.54 Å². The van der Waals surface area contributed by atoms with Crippen molar-refractivity contribution in [2.75, 3.05) is 26.3 Å². The van der Waals surface area contributed by atoms with Crippen LogP contribution in [-0.2, 0) is 15.1 Å². The van der Waals surface area contributed by atoms with E-state index in [9.17, 15) is 9.90 Å². The third kappa shape index (κ3) is 2.72. The van der Waals surface area contributed by atoms with E-state index >= 15 is 0 Å². The number of ether oxygens (including phenoxy) is 1. The van der Waals surface area contributed by atoms with Crippen molar-refractivity contribution in [3.8, 4) is 0 Å². The predicted molar refractivity (Wildman–Crippen MR) is 73.8 cm³/mol. The Balaban J connectivity index is 2.46. The van der Waals surface area contributed by atoms with Crippen LogP contribution < -0.4 is 0 Å². The summed E-state index contributed by atoms with van der Waals surface area (Å²) in [4.78, 5) is 13.7. The molecule has 19 heavy (non-hydrogen) atoms. The fourth-order valence-electron chi connectivity index (χ4n) is 2.32. The number of benzene rings is 1. The number of morpholine rings is 1. The number of carboxylic acids is 1. The lowest BCUT2D eigenvalue weighted by Crippen LogP contribution is -2.54. The number of carbonyl (C=O) groups is 1. The smallest absolute Gasteiger partial charge is 0.328 e. The number of hydrogen-bond donors (Lipinski definition) is 1. The molecule has 0 bridgehead atoms. The molecule has 0 spiro atoms. The van der Waals surface area contributed by atoms with Crippen LogP contribution in [0, 0.1) is 0 Å². The summed E-state index contributed by atoms with van der Waals surface area (Å²) in [6, 6.07) is 4.90. The van der Waals surface area contributed by atoms with Crippen LogP contribution in [0.5, 0.6) is 0 Å². The average molecular weight is 304 g/mol. The molecule has 0 aliphatic carbocycles. The molecule has 1 aliphatic rings. The number of nitrogens with zero attached hydrogens (tertiary/aromatic N) is 1. The van der Waals surface area contributed by atoms with Crippen LogP contribution in [-0.4, -0.2) is 42.3 Å². The zero-order valence-corrected chi connectivity index (χ0v) is 12.0. The second-order valence-electron chi connectivity index (χ2n) is 4.60. The first-order valence-electron chi connectivity index (χ1n) is 5.98. The monoisotopic (exact) mass is 303 g/mol. The topological polar surface area (TPSA) is 49.8 Å². The summed E-state index contributed by atoms with van der Waals surface area (Å²) in [6.45, 7) is 3.82. The van der Waals surface area contributed by atoms with E-state index in [1.807, 2.05) is 4.90 Å². The lowest BCUT2D eigenvalue weighted by Gasteiger charge is -2.40. The Morgan fingerprint density at radius 3 is 2.53 bits per heavy atom. The van der Waals surface area contributed by atoms with E-state index in [4.69, 9.17) is 27.9 Å². The summed E-state index contributed by atoms with van der Waals surface area (Å²) >= 11 is 12.0. The van der Waals surface area contributed by atoms with Crippen LogP contribution in [0.2, 0.25) is 10.0 Å². The van der Waals surface area contributed by atoms with Gasteiger partial charge in [-0.3, -0.25) is 4.90 Å². The van der Waals surface area contributed by atoms with Crippen LogP contribution in [0.4, 0.5) is 0 Å². The van der Waals surface area contributed by atoms with Gasteiger partial charge in [0.05, 0.1) is 13.2 Å². The molecule has 0 radical (unpaired) electrons. The molecular formula is C13H15Cl2NO3. The van der Waals surface area contributed by atoms with E-state index in [0.29, 0.717) is 41.9 Å². The molecule has 104 valence electrons. The van der Waals surface area contributed by atoms with E-state index in [-0.39, 0.29) is 0 Å². The Kier molecular flexibility index (Phi) is 4.36. The van der Waals surface area contributed by atoms with Gasteiger partial charge in [0.25, 0.3) is 0 Å². The van der Waals surface area contributed by atoms with E-state index in [2.05, 4.69) is 0 Å². The number of hydrogen-bond acceptors (Lipinski definition) is 3. The molecule has 1 heterocycles. The van der Waals surface area contributed by atoms with Crippen LogP contribution >= 0.6 is 23.2 Å². The number of aliphatic carboxylic acids is 1. The first kappa shape index (κ1) is 14.6. The summed E-state index contributed by atoms with van der Waals surface area (Å²) in [6.07, 6.45) is 0. The lowest BCUT2D eigenvalue weighted by molar-refractivity contribution is -0.154. The molecule has 1 fully saturated rings. The number of rotatable bonds is 3. The maximum absolute atomic E-state index is 11.8. The molecule has 1 unspecified atom stereocenters. The van der Waals surface area contributed by atoms with Gasteiger partial charge in [0.2, 0.25) is 0 Å². The minimum absolute atomic E-state index is 0.365. The lowest BCUT2D eigenvalue weighted by atomic mass is 9.89. The maximum atomic E-state index is 11.8. The zero-order valence-electron chi connectivity index (χ0n) is 10.5. The van der Waals surface area contributed by atoms with Crippen molar-refractivity contribution in [1.82, 2.24) is 4.90 Å². The van der Waals surface area contributed by atoms with Gasteiger partial charge >= 0.3 is 5.97 Å². The van der Waals surface area contributed by atoms with Gasteiger partial charge < -0.3 is 9.84 Å². The molecule has 1 aliphatic heterocycles. The first-order valence-corrected chi connectivity index (χ1v) is 6.73. The molecule has 1 N–H and O–H groups in total. The molecule has 1 atom stereocenters. The van der Waals surface area contributed by atoms with Gasteiger partial charge in [0.15, 0.2) is 0 Å². The van der Waals surface area contributed by atoms with Crippen molar-refractivity contribution in [3.63, 3.8) is 0 Å². The van der Waals surface area contributed by atoms with Gasteiger partial charge in [-0.25, -0.2) is 4.79 Å². The van der Waals surface area contributed by atoms with Crippen LogP contribution in [0.3, 0.4) is 0 Å². The Morgan fingerprint density at radius 1 is 1.37 bits per heavy atom. The Bertz CT molecular complexity index is 489. The first-order chi connectivity index (χ1) is 8.96. The van der Waals surface area contributed by atoms with Crippen molar-refractivity contribution in [2.24, 2.45) is 0 Å². The molecule has 2 rings (SSSR count). The van der Waals surface area contributed by atoms with Gasteiger partial charge in [-0.2, -0.15) is 0 Å². The van der Waals surface area contributed by atoms with Crippen molar-refractivity contribution < 1.29 is 14.6 Å². The van der Waals surface area contributed by atoms with Crippen LogP contribution in [0.1, 0.15) is 12.5 Å². The Labute approximate surface area is 121 Å². The summed E-state index contributed by atoms with van der Waals surface area (Å²) in [7, 11) is 0. The standard InChI is InChI=1S/C13H15Cl2NO3/c1-13(12(17)18,16-4-6-19-7-5-16)10-3-2-9(14)8-11(10)15/h2-3,8H,4-7H2,1H3,(H,17,18). The van der Waals surface area contributed by atoms with Crippen LogP contribution in [0.15, 0.2) is 18.2 Å². The van der Waals surface area contributed by atoms with Gasteiger partial charge in [-0.15, -0.1) is 0 Å². The molecule has 4 nitrogen and oxygen atoms in total. The maximum Gasteiger partial charge on any atom is 0.328 e. The number of halogens is 2. The Hall–Kier alpha value is -0.810. The number of carboxylic acid groups (broad SMARTS) is 1. The quantitative estimate of drug-likeness (QED) is 0.932. The van der Waals surface area contributed by atoms with Gasteiger partial charge in [0, 0.05) is 28.7 Å². The van der Waals surface area contributed by atoms with Crippen LogP contribution in [0.25, 0.3) is 0 Å². The normalized spacial score (nSPS) is 19.9. The predicted octanol–water partition coefficient (Wildman–Crippen LogP) is 2.63. The van der Waals surface area contributed by atoms with Crippen molar-refractivity contribution in [3.05, 3.63) is 33.8 Å². The highest BCUT2D eigenvalue weighted by Crippen LogP contribution is 2.35. The minimum Gasteiger partial charge on any atom is -0.480 e. The van der Waals surface area contributed by atoms with Crippen molar-refractivity contribution in [2.45, 2.75) is 12.5 Å². The molecule has 0 saturated carbocycles. The third-order valence-corrected chi connectivity index (χ3v) is 4.06. The van der Waals surface area contributed by atoms with Gasteiger partial charge in [-0.1, -0.05) is 29.3 Å². The molecule has 0 aromatic heterocycles. The second kappa shape index (κ2) is 5.67. The molecule has 1 aromatic rings. The average Bonchev–Trinajstić information content (AvgIpc) is 2.38. The van der Waals surface area contributed by atoms with Crippen molar-refractivity contribution >= 4 is 29.2 Å². The molecule has 0 amide bonds. The molecular weight excluding hydrogens is 289 g/mol. The second-order valence-corrected chi connectivity index (χ2v) is 5.44. The van der Waals surface area contributed by atoms with E-state index in [1.54, 1.807) is 25.1 Å². The fourth-order valence-corrected chi connectivity index (χ4v) is 2.91. The molecule has 1 aromatic carbocycles. The van der Waals surface area contributed by atoms with E-state index < -0.39 is 11.5 Å². The highest BCUT2D eigenvalue weighted by molar-refractivity contribution is 6.35. The highest BCUT2D eigenvalue weighted by atomic mass is 35.5. The SMILES string of the molecule is CC(C(=O)O)(c1ccc(Cl)cc1Cl)N1CCOCC1. The fraction of sp³-hybridized carbons (Fsp3) is 0.462. The third-order valence-electron chi connectivity index (χ3n) is 3.52. The molecule has 6 heteroatoms. The summed E-state index contributed by atoms with van der Waals surface area (Å²) in [5.74, 6) is -0.932. The summed E-state index contributed by atoms with van der Waals surface area (Å²) in [5.41, 5.74) is -0.626. The largest absolute Gasteiger partial charge is 0.480 e. The summed E-state index contributed by atoms with van der Waals surface area (Å²) in [5, 5.41) is 10.5. The zero-order chi connectivity index (χ0) is 14.0. The summed E-state index contributed by atoms with van der Waals surface area (Å²) < 4.78 is 5.27. The van der Waals surface area contributed by atoms with E-state index in [0.717, 1.165) is 0 Å². The Morgan fingerprint density at radius 2 is 2.00 bits per heavy atom. The highest BCUT2D eigenvalue weighted by Gasteiger charge is 2.43. The minimum atomic E-state index is -1.18. The van der Waals surface area contributed by atoms with Crippen molar-refractivity contribution in [1.29, 1.82) is 0 Å². The van der Waals surface area contributed by atoms with Gasteiger partial charge in [-0.05, 0) is 19.1 Å². The molecule has 1 saturated heterocycles. The van der Waals surface area contributed by atoms with E-state index in [1.165, 1.54) is 0 Å².